The zero-order valence-electron chi connectivity index (χ0n) is 12.5. The van der Waals surface area contributed by atoms with E-state index in [0.717, 1.165) is 56.9 Å². The van der Waals surface area contributed by atoms with Gasteiger partial charge in [-0.3, -0.25) is 0 Å². The maximum atomic E-state index is 6.17. The largest absolute Gasteiger partial charge is 0.378 e. The van der Waals surface area contributed by atoms with Gasteiger partial charge in [-0.2, -0.15) is 0 Å². The predicted molar refractivity (Wildman–Crippen MR) is 82.1 cm³/mol. The summed E-state index contributed by atoms with van der Waals surface area (Å²) in [4.78, 5) is 7.70. The van der Waals surface area contributed by atoms with Gasteiger partial charge in [0, 0.05) is 26.1 Å². The van der Waals surface area contributed by atoms with Crippen molar-refractivity contribution in [3.05, 3.63) is 16.7 Å². The molecule has 0 aromatic carbocycles. The Morgan fingerprint density at radius 3 is 3.05 bits per heavy atom. The number of ether oxygens (including phenoxy) is 1. The van der Waals surface area contributed by atoms with Crippen molar-refractivity contribution in [2.24, 2.45) is 5.92 Å². The first kappa shape index (κ1) is 15.8. The topological polar surface area (TPSA) is 49.9 Å². The summed E-state index contributed by atoms with van der Waals surface area (Å²) in [5, 5.41) is 4.09. The van der Waals surface area contributed by atoms with Gasteiger partial charge in [0.15, 0.2) is 5.15 Å². The van der Waals surface area contributed by atoms with Gasteiger partial charge < -0.3 is 15.0 Å². The summed E-state index contributed by atoms with van der Waals surface area (Å²) in [5.74, 6) is 1.63. The lowest BCUT2D eigenvalue weighted by atomic mass is 10.00. The number of aromatic nitrogens is 2. The lowest BCUT2D eigenvalue weighted by molar-refractivity contribution is 0.0872. The van der Waals surface area contributed by atoms with Crippen LogP contribution in [0.25, 0.3) is 0 Å². The molecule has 0 radical (unpaired) electrons. The van der Waals surface area contributed by atoms with E-state index < -0.39 is 0 Å². The number of unbranched alkanes of at least 4 members (excludes halogenated alkanes) is 1. The van der Waals surface area contributed by atoms with Crippen molar-refractivity contribution in [1.82, 2.24) is 15.3 Å². The lowest BCUT2D eigenvalue weighted by Crippen LogP contribution is -2.28. The van der Waals surface area contributed by atoms with Crippen LogP contribution in [0.3, 0.4) is 0 Å². The predicted octanol–water partition coefficient (Wildman–Crippen LogP) is 3.31. The second-order valence-electron chi connectivity index (χ2n) is 5.55. The minimum atomic E-state index is 0.417. The van der Waals surface area contributed by atoms with E-state index in [2.05, 4.69) is 29.1 Å². The number of hydrogen-bond donors (Lipinski definition) is 2. The molecule has 0 aliphatic carbocycles. The van der Waals surface area contributed by atoms with E-state index in [0.29, 0.717) is 17.2 Å². The fourth-order valence-electron chi connectivity index (χ4n) is 2.78. The molecule has 0 bridgehead atoms. The molecule has 0 saturated carbocycles. The van der Waals surface area contributed by atoms with Gasteiger partial charge >= 0.3 is 0 Å². The highest BCUT2D eigenvalue weighted by molar-refractivity contribution is 6.30. The number of aromatic amines is 1. The molecule has 1 aliphatic rings. The number of halogens is 1. The average Bonchev–Trinajstić information content (AvgIpc) is 3.03. The summed E-state index contributed by atoms with van der Waals surface area (Å²) < 4.78 is 5.70. The summed E-state index contributed by atoms with van der Waals surface area (Å²) in [7, 11) is 0. The fraction of sp³-hybridized carbons (Fsp3) is 0.800. The molecule has 5 heteroatoms. The van der Waals surface area contributed by atoms with Gasteiger partial charge in [-0.25, -0.2) is 4.98 Å². The van der Waals surface area contributed by atoms with Crippen LogP contribution >= 0.6 is 11.6 Å². The molecule has 114 valence electrons. The third-order valence-corrected chi connectivity index (χ3v) is 4.31. The van der Waals surface area contributed by atoms with Gasteiger partial charge in [0.1, 0.15) is 5.82 Å². The highest BCUT2D eigenvalue weighted by Gasteiger charge is 2.26. The summed E-state index contributed by atoms with van der Waals surface area (Å²) >= 11 is 6.17. The molecule has 1 aliphatic heterocycles. The van der Waals surface area contributed by atoms with Crippen LogP contribution in [-0.2, 0) is 17.7 Å². The van der Waals surface area contributed by atoms with Crippen molar-refractivity contribution in [2.45, 2.75) is 58.6 Å². The van der Waals surface area contributed by atoms with Gasteiger partial charge in [0.25, 0.3) is 0 Å². The Bertz CT molecular complexity index is 408. The van der Waals surface area contributed by atoms with Gasteiger partial charge in [0.05, 0.1) is 11.8 Å². The summed E-state index contributed by atoms with van der Waals surface area (Å²) in [6.07, 6.45) is 5.97. The first-order chi connectivity index (χ1) is 9.74. The Balaban J connectivity index is 1.77. The van der Waals surface area contributed by atoms with Crippen LogP contribution in [0.4, 0.5) is 0 Å². The normalized spacial score (nSPS) is 22.6. The van der Waals surface area contributed by atoms with Crippen LogP contribution < -0.4 is 5.32 Å². The van der Waals surface area contributed by atoms with Crippen LogP contribution in [0.5, 0.6) is 0 Å². The second-order valence-corrected chi connectivity index (χ2v) is 5.91. The van der Waals surface area contributed by atoms with E-state index in [4.69, 9.17) is 16.3 Å². The van der Waals surface area contributed by atoms with Gasteiger partial charge in [-0.05, 0) is 25.2 Å². The molecule has 2 unspecified atom stereocenters. The Hall–Kier alpha value is -0.580. The van der Waals surface area contributed by atoms with Crippen molar-refractivity contribution in [3.63, 3.8) is 0 Å². The Labute approximate surface area is 126 Å². The molecule has 1 saturated heterocycles. The van der Waals surface area contributed by atoms with Crippen molar-refractivity contribution in [2.75, 3.05) is 13.2 Å². The van der Waals surface area contributed by atoms with E-state index in [9.17, 15) is 0 Å². The molecule has 2 rings (SSSR count). The van der Waals surface area contributed by atoms with E-state index in [1.165, 1.54) is 6.42 Å². The molecule has 4 nitrogen and oxygen atoms in total. The fourth-order valence-corrected chi connectivity index (χ4v) is 3.00. The average molecular weight is 300 g/mol. The third kappa shape index (κ3) is 4.21. The van der Waals surface area contributed by atoms with Gasteiger partial charge in [0.2, 0.25) is 0 Å². The van der Waals surface area contributed by atoms with Crippen LogP contribution in [0, 0.1) is 5.92 Å². The molecule has 0 spiro atoms. The molecule has 2 N–H and O–H groups in total. The van der Waals surface area contributed by atoms with Crippen molar-refractivity contribution in [3.8, 4) is 0 Å². The van der Waals surface area contributed by atoms with Gasteiger partial charge in [-0.15, -0.1) is 0 Å². The standard InChI is InChI=1S/C15H26ClN3O/c1-3-5-6-14-18-12(15(16)19-14)10-17-9-11-7-8-20-13(11)4-2/h11,13,17H,3-10H2,1-2H3,(H,18,19). The summed E-state index contributed by atoms with van der Waals surface area (Å²) in [6.45, 7) is 7.01. The second kappa shape index (κ2) is 8.01. The first-order valence-electron chi connectivity index (χ1n) is 7.80. The van der Waals surface area contributed by atoms with Crippen molar-refractivity contribution < 1.29 is 4.74 Å². The molecule has 0 amide bonds. The number of H-pyrrole nitrogens is 1. The number of nitrogens with one attached hydrogen (secondary N) is 2. The molecular formula is C15H26ClN3O. The number of nitrogens with zero attached hydrogens (tertiary/aromatic N) is 1. The number of rotatable bonds is 8. The van der Waals surface area contributed by atoms with E-state index in [1.807, 2.05) is 0 Å². The molecule has 1 fully saturated rings. The van der Waals surface area contributed by atoms with Crippen LogP contribution in [0.1, 0.15) is 51.0 Å². The quantitative estimate of drug-likeness (QED) is 0.774. The maximum absolute atomic E-state index is 6.17. The smallest absolute Gasteiger partial charge is 0.151 e. The van der Waals surface area contributed by atoms with Crippen molar-refractivity contribution >= 4 is 11.6 Å². The SMILES string of the molecule is CCCCc1nc(Cl)c(CNCC2CCOC2CC)[nH]1. The monoisotopic (exact) mass is 299 g/mol. The highest BCUT2D eigenvalue weighted by Crippen LogP contribution is 2.22. The molecule has 1 aromatic rings. The lowest BCUT2D eigenvalue weighted by Gasteiger charge is -2.16. The maximum Gasteiger partial charge on any atom is 0.151 e. The van der Waals surface area contributed by atoms with Crippen LogP contribution in [0.2, 0.25) is 5.15 Å². The number of aryl methyl sites for hydroxylation is 1. The minimum Gasteiger partial charge on any atom is -0.378 e. The number of imidazole rings is 1. The zero-order chi connectivity index (χ0) is 14.4. The van der Waals surface area contributed by atoms with Crippen LogP contribution in [0.15, 0.2) is 0 Å². The Morgan fingerprint density at radius 1 is 1.45 bits per heavy atom. The third-order valence-electron chi connectivity index (χ3n) is 4.00. The minimum absolute atomic E-state index is 0.417. The van der Waals surface area contributed by atoms with Gasteiger partial charge in [-0.1, -0.05) is 31.9 Å². The van der Waals surface area contributed by atoms with Crippen LogP contribution in [-0.4, -0.2) is 29.2 Å². The first-order valence-corrected chi connectivity index (χ1v) is 8.18. The highest BCUT2D eigenvalue weighted by atomic mass is 35.5. The summed E-state index contributed by atoms with van der Waals surface area (Å²) in [5.41, 5.74) is 1.00. The molecular weight excluding hydrogens is 274 g/mol. The zero-order valence-corrected chi connectivity index (χ0v) is 13.3. The molecule has 2 heterocycles. The Kier molecular flexibility index (Phi) is 6.33. The van der Waals surface area contributed by atoms with E-state index >= 15 is 0 Å². The van der Waals surface area contributed by atoms with E-state index in [1.54, 1.807) is 0 Å². The molecule has 2 atom stereocenters. The van der Waals surface area contributed by atoms with E-state index in [-0.39, 0.29) is 0 Å². The summed E-state index contributed by atoms with van der Waals surface area (Å²) in [6, 6.07) is 0. The van der Waals surface area contributed by atoms with Crippen molar-refractivity contribution in [1.29, 1.82) is 0 Å². The molecule has 1 aromatic heterocycles. The number of hydrogen-bond acceptors (Lipinski definition) is 3. The Morgan fingerprint density at radius 2 is 2.30 bits per heavy atom. The molecule has 20 heavy (non-hydrogen) atoms.